The van der Waals surface area contributed by atoms with Gasteiger partial charge in [-0.2, -0.15) is 15.4 Å². The molecule has 3 aromatic rings. The van der Waals surface area contributed by atoms with E-state index in [2.05, 4.69) is 27.5 Å². The quantitative estimate of drug-likeness (QED) is 0.720. The van der Waals surface area contributed by atoms with Crippen LogP contribution in [0.5, 0.6) is 5.75 Å². The summed E-state index contributed by atoms with van der Waals surface area (Å²) >= 11 is 0. The average molecular weight is 336 g/mol. The molecule has 3 rings (SSSR count). The van der Waals surface area contributed by atoms with Crippen LogP contribution in [0.15, 0.2) is 60.8 Å². The summed E-state index contributed by atoms with van der Waals surface area (Å²) in [5.41, 5.74) is 2.54. The van der Waals surface area contributed by atoms with E-state index in [0.717, 1.165) is 17.7 Å². The smallest absolute Gasteiger partial charge is 0.276 e. The normalized spacial score (nSPS) is 10.4. The van der Waals surface area contributed by atoms with Crippen molar-refractivity contribution in [1.82, 2.24) is 20.3 Å². The Bertz CT molecular complexity index is 786. The predicted molar refractivity (Wildman–Crippen MR) is 94.3 cm³/mol. The molecule has 0 aliphatic rings. The molecule has 0 spiro atoms. The highest BCUT2D eigenvalue weighted by Gasteiger charge is 2.18. The van der Waals surface area contributed by atoms with E-state index >= 15 is 0 Å². The van der Waals surface area contributed by atoms with Crippen LogP contribution in [0, 0.1) is 0 Å². The summed E-state index contributed by atoms with van der Waals surface area (Å²) in [6.07, 6.45) is 2.23. The van der Waals surface area contributed by atoms with Crippen LogP contribution in [0.1, 0.15) is 21.6 Å². The van der Waals surface area contributed by atoms with Crippen molar-refractivity contribution >= 4 is 5.91 Å². The fourth-order valence-corrected chi connectivity index (χ4v) is 2.58. The second-order valence-corrected chi connectivity index (χ2v) is 5.67. The van der Waals surface area contributed by atoms with Crippen LogP contribution in [0.25, 0.3) is 0 Å². The van der Waals surface area contributed by atoms with Crippen LogP contribution in [-0.2, 0) is 13.0 Å². The van der Waals surface area contributed by atoms with Gasteiger partial charge in [0, 0.05) is 13.1 Å². The van der Waals surface area contributed by atoms with Crippen molar-refractivity contribution < 1.29 is 9.53 Å². The molecule has 0 saturated heterocycles. The minimum Gasteiger partial charge on any atom is -0.497 e. The highest BCUT2D eigenvalue weighted by molar-refractivity contribution is 5.91. The Hall–Kier alpha value is -3.15. The molecule has 2 aromatic carbocycles. The zero-order valence-corrected chi connectivity index (χ0v) is 14.1. The maximum Gasteiger partial charge on any atom is 0.276 e. The first-order valence-corrected chi connectivity index (χ1v) is 8.08. The monoisotopic (exact) mass is 336 g/mol. The van der Waals surface area contributed by atoms with Crippen molar-refractivity contribution in [1.29, 1.82) is 0 Å². The van der Waals surface area contributed by atoms with Gasteiger partial charge < -0.3 is 9.64 Å². The van der Waals surface area contributed by atoms with E-state index < -0.39 is 0 Å². The molecule has 1 heterocycles. The van der Waals surface area contributed by atoms with Crippen molar-refractivity contribution in [2.75, 3.05) is 13.7 Å². The lowest BCUT2D eigenvalue weighted by atomic mass is 10.1. The lowest BCUT2D eigenvalue weighted by Gasteiger charge is -2.22. The van der Waals surface area contributed by atoms with E-state index in [9.17, 15) is 4.79 Å². The largest absolute Gasteiger partial charge is 0.497 e. The van der Waals surface area contributed by atoms with Crippen molar-refractivity contribution in [3.8, 4) is 5.75 Å². The molecule has 0 bridgehead atoms. The zero-order chi connectivity index (χ0) is 17.5. The Balaban J connectivity index is 1.74. The van der Waals surface area contributed by atoms with Crippen molar-refractivity contribution in [3.63, 3.8) is 0 Å². The molecule has 25 heavy (non-hydrogen) atoms. The molecule has 0 saturated carbocycles. The van der Waals surface area contributed by atoms with Crippen molar-refractivity contribution in [3.05, 3.63) is 77.6 Å². The third-order valence-corrected chi connectivity index (χ3v) is 3.97. The number of methoxy groups -OCH3 is 1. The predicted octanol–water partition coefficient (Wildman–Crippen LogP) is 2.70. The van der Waals surface area contributed by atoms with Gasteiger partial charge >= 0.3 is 0 Å². The summed E-state index contributed by atoms with van der Waals surface area (Å²) in [6.45, 7) is 1.10. The summed E-state index contributed by atoms with van der Waals surface area (Å²) < 4.78 is 5.18. The summed E-state index contributed by atoms with van der Waals surface area (Å²) in [4.78, 5) is 14.5. The standard InChI is InChI=1S/C19H20N4O2/c1-25-17-9-7-16(8-10-17)14-23(19(24)18-13-20-22-21-18)12-11-15-5-3-2-4-6-15/h2-10,13H,11-12,14H2,1H3,(H,20,21,22). The maximum absolute atomic E-state index is 12.7. The molecular weight excluding hydrogens is 316 g/mol. The maximum atomic E-state index is 12.7. The van der Waals surface area contributed by atoms with Gasteiger partial charge in [0.2, 0.25) is 0 Å². The molecule has 0 atom stereocenters. The molecule has 1 aromatic heterocycles. The number of nitrogens with zero attached hydrogens (tertiary/aromatic N) is 3. The van der Waals surface area contributed by atoms with Gasteiger partial charge in [-0.25, -0.2) is 0 Å². The van der Waals surface area contributed by atoms with Gasteiger partial charge in [0.05, 0.1) is 13.3 Å². The van der Waals surface area contributed by atoms with Gasteiger partial charge in [0.15, 0.2) is 5.69 Å². The Kier molecular flexibility index (Phi) is 5.41. The van der Waals surface area contributed by atoms with E-state index in [-0.39, 0.29) is 5.91 Å². The first kappa shape index (κ1) is 16.7. The summed E-state index contributed by atoms with van der Waals surface area (Å²) in [5.74, 6) is 0.655. The van der Waals surface area contributed by atoms with E-state index in [1.807, 2.05) is 42.5 Å². The highest BCUT2D eigenvalue weighted by atomic mass is 16.5. The Morgan fingerprint density at radius 3 is 2.48 bits per heavy atom. The number of nitrogens with one attached hydrogen (secondary N) is 1. The van der Waals surface area contributed by atoms with Gasteiger partial charge in [-0.15, -0.1) is 0 Å². The Morgan fingerprint density at radius 2 is 1.84 bits per heavy atom. The molecule has 1 amide bonds. The number of aromatic nitrogens is 3. The molecular formula is C19H20N4O2. The van der Waals surface area contributed by atoms with Crippen LogP contribution in [0.4, 0.5) is 0 Å². The first-order chi connectivity index (χ1) is 12.3. The van der Waals surface area contributed by atoms with Gasteiger partial charge in [-0.1, -0.05) is 42.5 Å². The molecule has 128 valence electrons. The SMILES string of the molecule is COc1ccc(CN(CCc2ccccc2)C(=O)c2cn[nH]n2)cc1. The molecule has 0 radical (unpaired) electrons. The zero-order valence-electron chi connectivity index (χ0n) is 14.1. The van der Waals surface area contributed by atoms with E-state index in [1.165, 1.54) is 11.8 Å². The number of ether oxygens (including phenoxy) is 1. The van der Waals surface area contributed by atoms with Crippen LogP contribution >= 0.6 is 0 Å². The second-order valence-electron chi connectivity index (χ2n) is 5.67. The van der Waals surface area contributed by atoms with Crippen molar-refractivity contribution in [2.45, 2.75) is 13.0 Å². The average Bonchev–Trinajstić information content (AvgIpc) is 3.20. The fraction of sp³-hybridized carbons (Fsp3) is 0.211. The van der Waals surface area contributed by atoms with E-state index in [4.69, 9.17) is 4.74 Å². The molecule has 1 N–H and O–H groups in total. The molecule has 6 nitrogen and oxygen atoms in total. The topological polar surface area (TPSA) is 71.1 Å². The molecule has 0 fully saturated rings. The first-order valence-electron chi connectivity index (χ1n) is 8.08. The molecule has 0 unspecified atom stereocenters. The van der Waals surface area contributed by atoms with Crippen molar-refractivity contribution in [2.24, 2.45) is 0 Å². The number of carbonyl (C=O) groups excluding carboxylic acids is 1. The Morgan fingerprint density at radius 1 is 1.08 bits per heavy atom. The molecule has 0 aliphatic heterocycles. The molecule has 0 aliphatic carbocycles. The summed E-state index contributed by atoms with van der Waals surface area (Å²) in [7, 11) is 1.63. The van der Waals surface area contributed by atoms with Gasteiger partial charge in [-0.05, 0) is 29.7 Å². The third-order valence-electron chi connectivity index (χ3n) is 3.97. The van der Waals surface area contributed by atoms with E-state index in [1.54, 1.807) is 12.0 Å². The summed E-state index contributed by atoms with van der Waals surface area (Å²) in [6, 6.07) is 17.8. The van der Waals surface area contributed by atoms with Crippen LogP contribution < -0.4 is 4.74 Å². The number of H-pyrrole nitrogens is 1. The van der Waals surface area contributed by atoms with Crippen LogP contribution in [-0.4, -0.2) is 39.9 Å². The highest BCUT2D eigenvalue weighted by Crippen LogP contribution is 2.15. The number of hydrogen-bond donors (Lipinski definition) is 1. The van der Waals surface area contributed by atoms with E-state index in [0.29, 0.717) is 18.8 Å². The Labute approximate surface area is 146 Å². The van der Waals surface area contributed by atoms with Gasteiger partial charge in [0.25, 0.3) is 5.91 Å². The number of benzene rings is 2. The van der Waals surface area contributed by atoms with Crippen LogP contribution in [0.2, 0.25) is 0 Å². The second kappa shape index (κ2) is 8.10. The lowest BCUT2D eigenvalue weighted by Crippen LogP contribution is -2.32. The lowest BCUT2D eigenvalue weighted by molar-refractivity contribution is 0.0739. The third kappa shape index (κ3) is 4.44. The fourth-order valence-electron chi connectivity index (χ4n) is 2.58. The molecule has 6 heteroatoms. The number of amides is 1. The number of hydrogen-bond acceptors (Lipinski definition) is 4. The number of rotatable bonds is 7. The minimum atomic E-state index is -0.138. The van der Waals surface area contributed by atoms with Gasteiger partial charge in [-0.3, -0.25) is 4.79 Å². The van der Waals surface area contributed by atoms with Gasteiger partial charge in [0.1, 0.15) is 5.75 Å². The minimum absolute atomic E-state index is 0.138. The number of carbonyl (C=O) groups is 1. The summed E-state index contributed by atoms with van der Waals surface area (Å²) in [5, 5.41) is 10.1. The number of aromatic amines is 1. The van der Waals surface area contributed by atoms with Crippen LogP contribution in [0.3, 0.4) is 0 Å².